The van der Waals surface area contributed by atoms with Gasteiger partial charge in [0.2, 0.25) is 0 Å². The average Bonchev–Trinajstić information content (AvgIpc) is 3.32. The standard InChI is InChI=1S/C36H34N4O2.ClH/c1-22-33(23(2)42-40-22)25-17-18-28-32(19-25)37-21-29(34(28)39-31-16-9-8-15-30(31)36(3,4)5)35(41)38-20-26-13-10-12-24-11-6-7-14-27(24)26;/h6-19,21H,20H2,1-5H3,(H,37,39)(H,38,41);1H. The first-order valence-corrected chi connectivity index (χ1v) is 14.2. The normalized spacial score (nSPS) is 11.4. The van der Waals surface area contributed by atoms with Gasteiger partial charge in [-0.2, -0.15) is 0 Å². The second-order valence-corrected chi connectivity index (χ2v) is 11.7. The van der Waals surface area contributed by atoms with Crippen LogP contribution in [0.4, 0.5) is 11.4 Å². The van der Waals surface area contributed by atoms with Crippen LogP contribution in [0.15, 0.2) is 95.6 Å². The van der Waals surface area contributed by atoms with E-state index in [2.05, 4.69) is 73.0 Å². The number of rotatable bonds is 6. The third-order valence-electron chi connectivity index (χ3n) is 7.75. The molecule has 6 nitrogen and oxygen atoms in total. The molecule has 2 heterocycles. The molecule has 4 aromatic carbocycles. The van der Waals surface area contributed by atoms with Crippen molar-refractivity contribution in [3.63, 3.8) is 0 Å². The fourth-order valence-corrected chi connectivity index (χ4v) is 5.65. The topological polar surface area (TPSA) is 80.0 Å². The Balaban J connectivity index is 0.00000368. The summed E-state index contributed by atoms with van der Waals surface area (Å²) in [6.45, 7) is 10.8. The Morgan fingerprint density at radius 3 is 2.40 bits per heavy atom. The summed E-state index contributed by atoms with van der Waals surface area (Å²) in [5.74, 6) is 0.566. The van der Waals surface area contributed by atoms with Crippen LogP contribution in [0.1, 0.15) is 53.7 Å². The molecule has 0 radical (unpaired) electrons. The van der Waals surface area contributed by atoms with Gasteiger partial charge in [-0.3, -0.25) is 9.78 Å². The predicted molar refractivity (Wildman–Crippen MR) is 178 cm³/mol. The number of hydrogen-bond donors (Lipinski definition) is 2. The number of halogens is 1. The summed E-state index contributed by atoms with van der Waals surface area (Å²) in [5, 5.41) is 14.0. The largest absolute Gasteiger partial charge is 0.361 e. The molecule has 0 fully saturated rings. The highest BCUT2D eigenvalue weighted by atomic mass is 35.5. The summed E-state index contributed by atoms with van der Waals surface area (Å²) < 4.78 is 5.41. The molecular weight excluding hydrogens is 556 g/mol. The van der Waals surface area contributed by atoms with Crippen LogP contribution in [0.5, 0.6) is 0 Å². The van der Waals surface area contributed by atoms with Crippen LogP contribution in [0, 0.1) is 13.8 Å². The lowest BCUT2D eigenvalue weighted by molar-refractivity contribution is 0.0951. The van der Waals surface area contributed by atoms with E-state index < -0.39 is 0 Å². The summed E-state index contributed by atoms with van der Waals surface area (Å²) in [6, 6.07) is 28.7. The molecule has 0 saturated carbocycles. The van der Waals surface area contributed by atoms with Crippen molar-refractivity contribution in [3.05, 3.63) is 119 Å². The molecule has 0 aliphatic heterocycles. The van der Waals surface area contributed by atoms with Crippen molar-refractivity contribution in [1.29, 1.82) is 0 Å². The van der Waals surface area contributed by atoms with Gasteiger partial charge < -0.3 is 15.2 Å². The zero-order chi connectivity index (χ0) is 29.4. The number of nitrogens with zero attached hydrogens (tertiary/aromatic N) is 2. The third-order valence-corrected chi connectivity index (χ3v) is 7.75. The van der Waals surface area contributed by atoms with E-state index in [0.29, 0.717) is 12.1 Å². The Hall–Kier alpha value is -4.68. The van der Waals surface area contributed by atoms with E-state index in [1.165, 1.54) is 0 Å². The van der Waals surface area contributed by atoms with Crippen LogP contribution in [0.3, 0.4) is 0 Å². The summed E-state index contributed by atoms with van der Waals surface area (Å²) in [7, 11) is 0. The Labute approximate surface area is 257 Å². The first-order valence-electron chi connectivity index (χ1n) is 14.2. The number of aryl methyl sites for hydroxylation is 2. The number of para-hydroxylation sites is 1. The number of pyridine rings is 1. The summed E-state index contributed by atoms with van der Waals surface area (Å²) >= 11 is 0. The number of benzene rings is 4. The van der Waals surface area contributed by atoms with Gasteiger partial charge in [-0.1, -0.05) is 98.7 Å². The van der Waals surface area contributed by atoms with E-state index in [1.54, 1.807) is 6.20 Å². The molecule has 0 aliphatic carbocycles. The SMILES string of the molecule is Cc1noc(C)c1-c1ccc2c(Nc3ccccc3C(C)(C)C)c(C(=O)NCc3cccc4ccccc34)cnc2c1.Cl. The molecule has 0 aliphatic rings. The molecule has 2 N–H and O–H groups in total. The van der Waals surface area contributed by atoms with Crippen LogP contribution in [-0.4, -0.2) is 16.0 Å². The van der Waals surface area contributed by atoms with Gasteiger partial charge in [0.05, 0.1) is 22.5 Å². The summed E-state index contributed by atoms with van der Waals surface area (Å²) in [5.41, 5.74) is 7.81. The first kappa shape index (κ1) is 29.8. The average molecular weight is 591 g/mol. The number of hydrogen-bond acceptors (Lipinski definition) is 5. The molecule has 218 valence electrons. The molecule has 0 saturated heterocycles. The highest BCUT2D eigenvalue weighted by Crippen LogP contribution is 2.37. The number of fused-ring (bicyclic) bond motifs is 2. The Kier molecular flexibility index (Phi) is 8.25. The maximum atomic E-state index is 13.8. The summed E-state index contributed by atoms with van der Waals surface area (Å²) in [6.07, 6.45) is 1.67. The van der Waals surface area contributed by atoms with E-state index in [1.807, 2.05) is 62.4 Å². The van der Waals surface area contributed by atoms with Crippen LogP contribution in [-0.2, 0) is 12.0 Å². The second-order valence-electron chi connectivity index (χ2n) is 11.7. The van der Waals surface area contributed by atoms with Gasteiger partial charge in [0.25, 0.3) is 5.91 Å². The Morgan fingerprint density at radius 2 is 1.63 bits per heavy atom. The number of nitrogens with one attached hydrogen (secondary N) is 2. The second kappa shape index (κ2) is 11.9. The summed E-state index contributed by atoms with van der Waals surface area (Å²) in [4.78, 5) is 18.6. The highest BCUT2D eigenvalue weighted by Gasteiger charge is 2.22. The minimum atomic E-state index is -0.192. The van der Waals surface area contributed by atoms with Crippen molar-refractivity contribution >= 4 is 51.4 Å². The van der Waals surface area contributed by atoms with Gasteiger partial charge in [0.15, 0.2) is 0 Å². The van der Waals surface area contributed by atoms with E-state index >= 15 is 0 Å². The molecule has 2 aromatic heterocycles. The quantitative estimate of drug-likeness (QED) is 0.202. The van der Waals surface area contributed by atoms with Gasteiger partial charge in [-0.05, 0) is 58.9 Å². The number of anilines is 2. The van der Waals surface area contributed by atoms with Crippen molar-refractivity contribution in [2.75, 3.05) is 5.32 Å². The number of carbonyl (C=O) groups excluding carboxylic acids is 1. The minimum absolute atomic E-state index is 0. The molecule has 0 unspecified atom stereocenters. The number of amides is 1. The lowest BCUT2D eigenvalue weighted by Crippen LogP contribution is -2.24. The maximum Gasteiger partial charge on any atom is 0.255 e. The minimum Gasteiger partial charge on any atom is -0.361 e. The van der Waals surface area contributed by atoms with E-state index in [4.69, 9.17) is 9.51 Å². The van der Waals surface area contributed by atoms with Crippen LogP contribution in [0.2, 0.25) is 0 Å². The first-order chi connectivity index (χ1) is 20.2. The molecule has 43 heavy (non-hydrogen) atoms. The number of aromatic nitrogens is 2. The lowest BCUT2D eigenvalue weighted by Gasteiger charge is -2.24. The van der Waals surface area contributed by atoms with Crippen molar-refractivity contribution in [2.24, 2.45) is 0 Å². The van der Waals surface area contributed by atoms with Crippen molar-refractivity contribution in [2.45, 2.75) is 46.6 Å². The molecule has 6 aromatic rings. The Morgan fingerprint density at radius 1 is 0.884 bits per heavy atom. The zero-order valence-electron chi connectivity index (χ0n) is 25.0. The third kappa shape index (κ3) is 5.84. The van der Waals surface area contributed by atoms with Crippen LogP contribution < -0.4 is 10.6 Å². The molecule has 1 amide bonds. The van der Waals surface area contributed by atoms with E-state index in [9.17, 15) is 4.79 Å². The molecule has 7 heteroatoms. The van der Waals surface area contributed by atoms with Gasteiger partial charge >= 0.3 is 0 Å². The van der Waals surface area contributed by atoms with Crippen LogP contribution in [0.25, 0.3) is 32.8 Å². The smallest absolute Gasteiger partial charge is 0.255 e. The van der Waals surface area contributed by atoms with E-state index in [0.717, 1.165) is 66.8 Å². The number of carbonyl (C=O) groups is 1. The maximum absolute atomic E-state index is 13.8. The van der Waals surface area contributed by atoms with Gasteiger partial charge in [0, 0.05) is 29.4 Å². The molecule has 0 atom stereocenters. The molecule has 6 rings (SSSR count). The van der Waals surface area contributed by atoms with Gasteiger partial charge in [-0.25, -0.2) is 0 Å². The van der Waals surface area contributed by atoms with Crippen LogP contribution >= 0.6 is 12.4 Å². The van der Waals surface area contributed by atoms with Gasteiger partial charge in [0.1, 0.15) is 5.76 Å². The highest BCUT2D eigenvalue weighted by molar-refractivity contribution is 6.08. The fraction of sp³-hybridized carbons (Fsp3) is 0.194. The van der Waals surface area contributed by atoms with Crippen molar-refractivity contribution < 1.29 is 9.32 Å². The zero-order valence-corrected chi connectivity index (χ0v) is 25.8. The molecule has 0 spiro atoms. The van der Waals surface area contributed by atoms with E-state index in [-0.39, 0.29) is 23.7 Å². The van der Waals surface area contributed by atoms with Crippen molar-refractivity contribution in [1.82, 2.24) is 15.5 Å². The van der Waals surface area contributed by atoms with Gasteiger partial charge in [-0.15, -0.1) is 12.4 Å². The van der Waals surface area contributed by atoms with Crippen molar-refractivity contribution in [3.8, 4) is 11.1 Å². The predicted octanol–water partition coefficient (Wildman–Crippen LogP) is 9.05. The fourth-order valence-electron chi connectivity index (χ4n) is 5.65. The lowest BCUT2D eigenvalue weighted by atomic mass is 9.85. The monoisotopic (exact) mass is 590 g/mol. The molecule has 0 bridgehead atoms. The Bertz CT molecular complexity index is 1930. The molecular formula is C36H35ClN4O2.